The molecule has 0 heterocycles. The van der Waals surface area contributed by atoms with Gasteiger partial charge in [0.2, 0.25) is 10.0 Å². The molecule has 106 valence electrons. The number of carbonyl (C=O) groups excluding carboxylic acids is 1. The van der Waals surface area contributed by atoms with Crippen LogP contribution in [0.5, 0.6) is 0 Å². The molecule has 0 unspecified atom stereocenters. The normalized spacial score (nSPS) is 11.3. The van der Waals surface area contributed by atoms with Crippen molar-refractivity contribution in [1.29, 1.82) is 0 Å². The summed E-state index contributed by atoms with van der Waals surface area (Å²) in [6.45, 7) is 0.396. The van der Waals surface area contributed by atoms with E-state index in [1.54, 1.807) is 11.8 Å². The van der Waals surface area contributed by atoms with Crippen molar-refractivity contribution in [2.45, 2.75) is 11.3 Å². The highest BCUT2D eigenvalue weighted by atomic mass is 32.2. The Morgan fingerprint density at radius 3 is 2.47 bits per heavy atom. The number of carbonyl (C=O) groups is 1. The maximum atomic E-state index is 11.1. The number of hydrogen-bond donors (Lipinski definition) is 1. The van der Waals surface area contributed by atoms with E-state index in [-0.39, 0.29) is 12.4 Å². The van der Waals surface area contributed by atoms with E-state index in [1.807, 2.05) is 24.3 Å². The molecule has 0 aliphatic heterocycles. The monoisotopic (exact) mass is 303 g/mol. The molecule has 1 aromatic carbocycles. The summed E-state index contributed by atoms with van der Waals surface area (Å²) < 4.78 is 28.7. The third kappa shape index (κ3) is 7.19. The molecule has 0 aromatic heterocycles. The van der Waals surface area contributed by atoms with Gasteiger partial charge >= 0.3 is 5.97 Å². The lowest BCUT2D eigenvalue weighted by Crippen LogP contribution is -2.24. The zero-order valence-corrected chi connectivity index (χ0v) is 12.5. The Morgan fingerprint density at radius 1 is 1.32 bits per heavy atom. The van der Waals surface area contributed by atoms with Crippen LogP contribution in [0.1, 0.15) is 5.56 Å². The van der Waals surface area contributed by atoms with Gasteiger partial charge in [-0.05, 0) is 17.7 Å². The molecule has 0 aliphatic carbocycles. The number of sulfonamides is 1. The lowest BCUT2D eigenvalue weighted by atomic mass is 10.2. The van der Waals surface area contributed by atoms with Crippen LogP contribution in [0.3, 0.4) is 0 Å². The van der Waals surface area contributed by atoms with Gasteiger partial charge in [0.15, 0.2) is 0 Å². The van der Waals surface area contributed by atoms with Crippen molar-refractivity contribution in [3.63, 3.8) is 0 Å². The standard InChI is InChI=1S/C12H17NO4S2/c1-17-12(14)9-10-3-5-11(6-4-10)18-8-7-13-19(2,15)16/h3-6,13H,7-9H2,1-2H3. The molecule has 0 saturated heterocycles. The Labute approximate surface area is 117 Å². The van der Waals surface area contributed by atoms with Gasteiger partial charge in [0.1, 0.15) is 0 Å². The molecule has 1 aromatic rings. The van der Waals surface area contributed by atoms with Crippen LogP contribution >= 0.6 is 11.8 Å². The highest BCUT2D eigenvalue weighted by Crippen LogP contribution is 2.18. The summed E-state index contributed by atoms with van der Waals surface area (Å²) in [6, 6.07) is 7.54. The number of rotatable bonds is 7. The molecule has 0 bridgehead atoms. The zero-order valence-electron chi connectivity index (χ0n) is 10.9. The molecule has 0 aliphatic rings. The van der Waals surface area contributed by atoms with Crippen LogP contribution in [0.15, 0.2) is 29.2 Å². The van der Waals surface area contributed by atoms with Crippen molar-refractivity contribution >= 4 is 27.8 Å². The van der Waals surface area contributed by atoms with E-state index in [9.17, 15) is 13.2 Å². The van der Waals surface area contributed by atoms with Crippen LogP contribution in [0.25, 0.3) is 0 Å². The van der Waals surface area contributed by atoms with Crippen LogP contribution in [0.4, 0.5) is 0 Å². The molecule has 19 heavy (non-hydrogen) atoms. The Balaban J connectivity index is 2.38. The van der Waals surface area contributed by atoms with Gasteiger partial charge in [-0.2, -0.15) is 0 Å². The highest BCUT2D eigenvalue weighted by molar-refractivity contribution is 7.99. The molecule has 0 radical (unpaired) electrons. The van der Waals surface area contributed by atoms with Gasteiger partial charge in [-0.25, -0.2) is 13.1 Å². The fraction of sp³-hybridized carbons (Fsp3) is 0.417. The maximum absolute atomic E-state index is 11.1. The van der Waals surface area contributed by atoms with Crippen molar-refractivity contribution in [3.05, 3.63) is 29.8 Å². The Bertz CT molecular complexity index is 511. The van der Waals surface area contributed by atoms with Gasteiger partial charge in [-0.1, -0.05) is 12.1 Å². The second kappa shape index (κ2) is 7.52. The summed E-state index contributed by atoms with van der Waals surface area (Å²) in [6.07, 6.45) is 1.40. The molecule has 5 nitrogen and oxygen atoms in total. The SMILES string of the molecule is COC(=O)Cc1ccc(SCCNS(C)(=O)=O)cc1. The van der Waals surface area contributed by atoms with Crippen LogP contribution in [0, 0.1) is 0 Å². The minimum Gasteiger partial charge on any atom is -0.469 e. The largest absolute Gasteiger partial charge is 0.469 e. The summed E-state index contributed by atoms with van der Waals surface area (Å²) in [4.78, 5) is 12.1. The second-order valence-electron chi connectivity index (χ2n) is 3.91. The van der Waals surface area contributed by atoms with E-state index in [0.29, 0.717) is 12.3 Å². The van der Waals surface area contributed by atoms with Crippen molar-refractivity contribution in [3.8, 4) is 0 Å². The molecule has 1 N–H and O–H groups in total. The van der Waals surface area contributed by atoms with Gasteiger partial charge in [-0.3, -0.25) is 4.79 Å². The number of thioether (sulfide) groups is 1. The lowest BCUT2D eigenvalue weighted by molar-refractivity contribution is -0.139. The van der Waals surface area contributed by atoms with Crippen LogP contribution in [-0.2, 0) is 26.0 Å². The Kier molecular flexibility index (Phi) is 6.33. The molecule has 1 rings (SSSR count). The van der Waals surface area contributed by atoms with E-state index in [2.05, 4.69) is 9.46 Å². The van der Waals surface area contributed by atoms with Crippen molar-refractivity contribution < 1.29 is 17.9 Å². The van der Waals surface area contributed by atoms with E-state index in [1.165, 1.54) is 7.11 Å². The fourth-order valence-corrected chi connectivity index (χ4v) is 2.71. The third-order valence-electron chi connectivity index (χ3n) is 2.23. The van der Waals surface area contributed by atoms with Crippen LogP contribution in [-0.4, -0.2) is 40.1 Å². The summed E-state index contributed by atoms with van der Waals surface area (Å²) in [5.41, 5.74) is 0.894. The molecule has 0 amide bonds. The summed E-state index contributed by atoms with van der Waals surface area (Å²) >= 11 is 1.55. The van der Waals surface area contributed by atoms with E-state index in [0.717, 1.165) is 16.7 Å². The lowest BCUT2D eigenvalue weighted by Gasteiger charge is -2.04. The number of esters is 1. The van der Waals surface area contributed by atoms with Crippen molar-refractivity contribution in [1.82, 2.24) is 4.72 Å². The number of methoxy groups -OCH3 is 1. The molecule has 0 spiro atoms. The average molecular weight is 303 g/mol. The Morgan fingerprint density at radius 2 is 1.95 bits per heavy atom. The minimum absolute atomic E-state index is 0.261. The van der Waals surface area contributed by atoms with E-state index >= 15 is 0 Å². The Hall–Kier alpha value is -1.05. The first-order valence-electron chi connectivity index (χ1n) is 5.64. The summed E-state index contributed by atoms with van der Waals surface area (Å²) in [7, 11) is -1.75. The minimum atomic E-state index is -3.12. The molecule has 7 heteroatoms. The number of ether oxygens (including phenoxy) is 1. The maximum Gasteiger partial charge on any atom is 0.309 e. The van der Waals surface area contributed by atoms with Gasteiger partial charge in [0, 0.05) is 17.2 Å². The molecular formula is C12H17NO4S2. The molecular weight excluding hydrogens is 286 g/mol. The van der Waals surface area contributed by atoms with Gasteiger partial charge in [0.05, 0.1) is 19.8 Å². The highest BCUT2D eigenvalue weighted by Gasteiger charge is 2.03. The first-order chi connectivity index (χ1) is 8.90. The van der Waals surface area contributed by atoms with E-state index < -0.39 is 10.0 Å². The van der Waals surface area contributed by atoms with E-state index in [4.69, 9.17) is 0 Å². The zero-order chi connectivity index (χ0) is 14.3. The van der Waals surface area contributed by atoms with Crippen LogP contribution < -0.4 is 4.72 Å². The summed E-state index contributed by atoms with van der Waals surface area (Å²) in [5.74, 6) is 0.390. The average Bonchev–Trinajstić information content (AvgIpc) is 2.35. The number of nitrogens with one attached hydrogen (secondary N) is 1. The van der Waals surface area contributed by atoms with Crippen molar-refractivity contribution in [2.75, 3.05) is 25.7 Å². The fourth-order valence-electron chi connectivity index (χ4n) is 1.34. The molecule has 0 saturated carbocycles. The molecule has 0 atom stereocenters. The first-order valence-corrected chi connectivity index (χ1v) is 8.51. The topological polar surface area (TPSA) is 72.5 Å². The number of benzene rings is 1. The summed E-state index contributed by atoms with van der Waals surface area (Å²) in [5, 5.41) is 0. The quantitative estimate of drug-likeness (QED) is 0.463. The third-order valence-corrected chi connectivity index (χ3v) is 3.98. The second-order valence-corrected chi connectivity index (χ2v) is 6.91. The van der Waals surface area contributed by atoms with Crippen LogP contribution in [0.2, 0.25) is 0 Å². The van der Waals surface area contributed by atoms with Gasteiger partial charge in [-0.15, -0.1) is 11.8 Å². The van der Waals surface area contributed by atoms with Crippen molar-refractivity contribution in [2.24, 2.45) is 0 Å². The predicted molar refractivity (Wildman–Crippen MR) is 75.7 cm³/mol. The molecule has 0 fully saturated rings. The number of hydrogen-bond acceptors (Lipinski definition) is 5. The predicted octanol–water partition coefficient (Wildman–Crippen LogP) is 1.04. The van der Waals surface area contributed by atoms with Gasteiger partial charge < -0.3 is 4.74 Å². The first kappa shape index (κ1) is 16.0. The van der Waals surface area contributed by atoms with Gasteiger partial charge in [0.25, 0.3) is 0 Å². The smallest absolute Gasteiger partial charge is 0.309 e.